The van der Waals surface area contributed by atoms with Gasteiger partial charge in [0.25, 0.3) is 5.69 Å². The van der Waals surface area contributed by atoms with Gasteiger partial charge >= 0.3 is 0 Å². The molecule has 0 aliphatic carbocycles. The summed E-state index contributed by atoms with van der Waals surface area (Å²) >= 11 is 0. The largest absolute Gasteiger partial charge is 0.359 e. The molecule has 1 aromatic carbocycles. The maximum absolute atomic E-state index is 11.6. The van der Waals surface area contributed by atoms with Crippen LogP contribution in [0.4, 0.5) is 0 Å². The number of hydrogen-bond donors (Lipinski definition) is 0. The standard InChI is InChI=1S/C14H18N2O2/c1-3-4-5-10-13-14(15-18-16(13)17)12-9-7-6-8-11(12)2/h6-9H,3-5,10H2,1-2H3. The van der Waals surface area contributed by atoms with E-state index in [0.717, 1.165) is 30.4 Å². The molecule has 18 heavy (non-hydrogen) atoms. The van der Waals surface area contributed by atoms with Gasteiger partial charge in [0, 0.05) is 17.1 Å². The zero-order valence-corrected chi connectivity index (χ0v) is 10.8. The van der Waals surface area contributed by atoms with Crippen molar-refractivity contribution in [1.29, 1.82) is 0 Å². The van der Waals surface area contributed by atoms with Crippen molar-refractivity contribution in [2.24, 2.45) is 0 Å². The molecule has 0 unspecified atom stereocenters. The maximum atomic E-state index is 11.6. The van der Waals surface area contributed by atoms with Crippen LogP contribution in [0.25, 0.3) is 11.3 Å². The van der Waals surface area contributed by atoms with Gasteiger partial charge in [0.15, 0.2) is 0 Å². The molecule has 4 nitrogen and oxygen atoms in total. The second-order valence-corrected chi connectivity index (χ2v) is 4.50. The Labute approximate surface area is 107 Å². The van der Waals surface area contributed by atoms with Crippen LogP contribution in [-0.4, -0.2) is 5.16 Å². The van der Waals surface area contributed by atoms with E-state index in [4.69, 9.17) is 4.63 Å². The zero-order valence-electron chi connectivity index (χ0n) is 10.8. The Morgan fingerprint density at radius 1 is 1.28 bits per heavy atom. The summed E-state index contributed by atoms with van der Waals surface area (Å²) in [5, 5.41) is 15.5. The van der Waals surface area contributed by atoms with Crippen LogP contribution in [0.15, 0.2) is 28.9 Å². The molecule has 2 rings (SSSR count). The van der Waals surface area contributed by atoms with Crippen LogP contribution in [0, 0.1) is 12.1 Å². The van der Waals surface area contributed by atoms with Crippen molar-refractivity contribution in [3.05, 3.63) is 40.7 Å². The Morgan fingerprint density at radius 2 is 2.06 bits per heavy atom. The molecule has 0 saturated heterocycles. The Kier molecular flexibility index (Phi) is 3.97. The third-order valence-corrected chi connectivity index (χ3v) is 3.12. The lowest BCUT2D eigenvalue weighted by molar-refractivity contribution is -0.807. The molecule has 0 atom stereocenters. The molecule has 0 fully saturated rings. The molecule has 0 saturated carbocycles. The molecule has 0 amide bonds. The maximum Gasteiger partial charge on any atom is 0.251 e. The highest BCUT2D eigenvalue weighted by molar-refractivity contribution is 5.64. The number of rotatable bonds is 5. The smallest absolute Gasteiger partial charge is 0.251 e. The minimum atomic E-state index is 0.539. The van der Waals surface area contributed by atoms with Gasteiger partial charge < -0.3 is 5.21 Å². The Balaban J connectivity index is 2.31. The summed E-state index contributed by atoms with van der Waals surface area (Å²) < 4.78 is 4.75. The first-order chi connectivity index (χ1) is 8.74. The Hall–Kier alpha value is -1.84. The van der Waals surface area contributed by atoms with Crippen LogP contribution >= 0.6 is 0 Å². The van der Waals surface area contributed by atoms with Crippen LogP contribution in [0.2, 0.25) is 0 Å². The van der Waals surface area contributed by atoms with Gasteiger partial charge in [0.1, 0.15) is 0 Å². The van der Waals surface area contributed by atoms with Gasteiger partial charge in [0.05, 0.1) is 0 Å². The summed E-state index contributed by atoms with van der Waals surface area (Å²) in [6.07, 6.45) is 3.94. The quantitative estimate of drug-likeness (QED) is 0.602. The van der Waals surface area contributed by atoms with E-state index in [9.17, 15) is 5.21 Å². The van der Waals surface area contributed by atoms with Crippen molar-refractivity contribution in [2.45, 2.75) is 39.5 Å². The number of unbranched alkanes of at least 4 members (excludes halogenated alkanes) is 2. The number of hydrogen-bond acceptors (Lipinski definition) is 3. The minimum Gasteiger partial charge on any atom is -0.359 e. The fourth-order valence-electron chi connectivity index (χ4n) is 2.06. The lowest BCUT2D eigenvalue weighted by Crippen LogP contribution is -2.28. The van der Waals surface area contributed by atoms with Crippen molar-refractivity contribution in [2.75, 3.05) is 0 Å². The third kappa shape index (κ3) is 2.53. The van der Waals surface area contributed by atoms with E-state index >= 15 is 0 Å². The predicted octanol–water partition coefficient (Wildman–Crippen LogP) is 3.02. The fourth-order valence-corrected chi connectivity index (χ4v) is 2.06. The van der Waals surface area contributed by atoms with Crippen LogP contribution in [0.3, 0.4) is 0 Å². The predicted molar refractivity (Wildman–Crippen MR) is 68.9 cm³/mol. The van der Waals surface area contributed by atoms with Gasteiger partial charge in [0.2, 0.25) is 5.69 Å². The van der Waals surface area contributed by atoms with Crippen molar-refractivity contribution >= 4 is 0 Å². The second-order valence-electron chi connectivity index (χ2n) is 4.50. The van der Waals surface area contributed by atoms with E-state index in [0.29, 0.717) is 22.7 Å². The lowest BCUT2D eigenvalue weighted by Gasteiger charge is -2.01. The van der Waals surface area contributed by atoms with E-state index in [2.05, 4.69) is 12.1 Å². The normalized spacial score (nSPS) is 10.8. The van der Waals surface area contributed by atoms with Gasteiger partial charge in [-0.3, -0.25) is 4.63 Å². The molecule has 0 spiro atoms. The van der Waals surface area contributed by atoms with Gasteiger partial charge in [-0.15, -0.1) is 0 Å². The highest BCUT2D eigenvalue weighted by Crippen LogP contribution is 2.24. The summed E-state index contributed by atoms with van der Waals surface area (Å²) in [6.45, 7) is 4.15. The number of aryl methyl sites for hydroxylation is 1. The average Bonchev–Trinajstić information content (AvgIpc) is 2.72. The van der Waals surface area contributed by atoms with E-state index in [1.165, 1.54) is 0 Å². The van der Waals surface area contributed by atoms with Crippen LogP contribution in [0.1, 0.15) is 37.4 Å². The fraction of sp³-hybridized carbons (Fsp3) is 0.429. The first kappa shape index (κ1) is 12.6. The average molecular weight is 246 g/mol. The Bertz CT molecular complexity index is 520. The van der Waals surface area contributed by atoms with Crippen molar-refractivity contribution in [3.8, 4) is 11.3 Å². The molecule has 0 aliphatic heterocycles. The molecule has 96 valence electrons. The van der Waals surface area contributed by atoms with E-state index < -0.39 is 0 Å². The molecule has 2 aromatic rings. The molecule has 0 bridgehead atoms. The number of aromatic nitrogens is 2. The first-order valence-electron chi connectivity index (χ1n) is 6.38. The van der Waals surface area contributed by atoms with E-state index in [-0.39, 0.29) is 0 Å². The monoisotopic (exact) mass is 246 g/mol. The van der Waals surface area contributed by atoms with Gasteiger partial charge in [-0.1, -0.05) is 44.0 Å². The van der Waals surface area contributed by atoms with Crippen LogP contribution in [-0.2, 0) is 6.42 Å². The third-order valence-electron chi connectivity index (χ3n) is 3.12. The zero-order chi connectivity index (χ0) is 13.0. The molecule has 1 aromatic heterocycles. The highest BCUT2D eigenvalue weighted by Gasteiger charge is 2.21. The molecular weight excluding hydrogens is 228 g/mol. The van der Waals surface area contributed by atoms with E-state index in [1.807, 2.05) is 31.2 Å². The summed E-state index contributed by atoms with van der Waals surface area (Å²) in [5.74, 6) is 0. The van der Waals surface area contributed by atoms with Crippen molar-refractivity contribution in [3.63, 3.8) is 0 Å². The number of nitrogens with zero attached hydrogens (tertiary/aromatic N) is 2. The summed E-state index contributed by atoms with van der Waals surface area (Å²) in [6, 6.07) is 7.90. The molecular formula is C14H18N2O2. The van der Waals surface area contributed by atoms with E-state index in [1.54, 1.807) is 0 Å². The lowest BCUT2D eigenvalue weighted by atomic mass is 10.0. The number of benzene rings is 1. The van der Waals surface area contributed by atoms with Crippen molar-refractivity contribution in [1.82, 2.24) is 5.16 Å². The topological polar surface area (TPSA) is 53.0 Å². The summed E-state index contributed by atoms with van der Waals surface area (Å²) in [5.41, 5.74) is 3.39. The molecule has 0 aliphatic rings. The molecule has 0 N–H and O–H groups in total. The van der Waals surface area contributed by atoms with Crippen molar-refractivity contribution < 1.29 is 9.53 Å². The van der Waals surface area contributed by atoms with Crippen LogP contribution < -0.4 is 4.90 Å². The summed E-state index contributed by atoms with van der Waals surface area (Å²) in [4.78, 5) is 0.539. The first-order valence-corrected chi connectivity index (χ1v) is 6.38. The summed E-state index contributed by atoms with van der Waals surface area (Å²) in [7, 11) is 0. The minimum absolute atomic E-state index is 0.539. The van der Waals surface area contributed by atoms with Gasteiger partial charge in [-0.05, 0) is 23.8 Å². The van der Waals surface area contributed by atoms with Gasteiger partial charge in [-0.2, -0.15) is 0 Å². The second kappa shape index (κ2) is 5.67. The molecule has 4 heteroatoms. The molecule has 1 heterocycles. The molecule has 0 radical (unpaired) electrons. The Morgan fingerprint density at radius 3 is 2.78 bits per heavy atom. The van der Waals surface area contributed by atoms with Gasteiger partial charge in [-0.25, -0.2) is 0 Å². The SMILES string of the molecule is CCCCCc1c(-c2ccccc2C)no[n+]1[O-]. The van der Waals surface area contributed by atoms with Crippen LogP contribution in [0.5, 0.6) is 0 Å². The highest BCUT2D eigenvalue weighted by atomic mass is 16.8.